The molecule has 1 aromatic heterocycles. The van der Waals surface area contributed by atoms with Crippen LogP contribution in [0.1, 0.15) is 11.1 Å². The van der Waals surface area contributed by atoms with Gasteiger partial charge in [0.25, 0.3) is 0 Å². The number of aromatic nitrogens is 3. The molecule has 1 aliphatic heterocycles. The summed E-state index contributed by atoms with van der Waals surface area (Å²) >= 11 is 0. The Balaban J connectivity index is 1.53. The van der Waals surface area contributed by atoms with Gasteiger partial charge in [-0.1, -0.05) is 12.1 Å². The molecule has 2 heterocycles. The van der Waals surface area contributed by atoms with E-state index in [1.54, 1.807) is 24.8 Å². The SMILES string of the molecule is Fc1ccc(CN2COc3ccc(-n4cnnc4)cc3C2)cc1. The van der Waals surface area contributed by atoms with Crippen molar-refractivity contribution in [1.29, 1.82) is 0 Å². The van der Waals surface area contributed by atoms with E-state index < -0.39 is 0 Å². The number of nitrogens with zero attached hydrogens (tertiary/aromatic N) is 4. The van der Waals surface area contributed by atoms with Crippen molar-refractivity contribution < 1.29 is 9.13 Å². The van der Waals surface area contributed by atoms with Gasteiger partial charge in [0.15, 0.2) is 0 Å². The molecule has 4 rings (SSSR count). The predicted molar refractivity (Wildman–Crippen MR) is 82.5 cm³/mol. The molecule has 0 radical (unpaired) electrons. The second-order valence-electron chi connectivity index (χ2n) is 5.55. The average molecular weight is 310 g/mol. The highest BCUT2D eigenvalue weighted by molar-refractivity contribution is 5.44. The van der Waals surface area contributed by atoms with Gasteiger partial charge < -0.3 is 4.74 Å². The summed E-state index contributed by atoms with van der Waals surface area (Å²) < 4.78 is 20.7. The fraction of sp³-hybridized carbons (Fsp3) is 0.176. The molecule has 0 fully saturated rings. The number of hydrogen-bond acceptors (Lipinski definition) is 4. The van der Waals surface area contributed by atoms with Crippen molar-refractivity contribution >= 4 is 0 Å². The van der Waals surface area contributed by atoms with Crippen molar-refractivity contribution in [1.82, 2.24) is 19.7 Å². The number of ether oxygens (including phenoxy) is 1. The van der Waals surface area contributed by atoms with Gasteiger partial charge in [-0.15, -0.1) is 10.2 Å². The highest BCUT2D eigenvalue weighted by atomic mass is 19.1. The maximum atomic E-state index is 13.0. The summed E-state index contributed by atoms with van der Waals surface area (Å²) in [6, 6.07) is 12.6. The monoisotopic (exact) mass is 310 g/mol. The number of fused-ring (bicyclic) bond motifs is 1. The molecule has 23 heavy (non-hydrogen) atoms. The third-order valence-corrected chi connectivity index (χ3v) is 3.88. The highest BCUT2D eigenvalue weighted by Gasteiger charge is 2.18. The minimum absolute atomic E-state index is 0.215. The smallest absolute Gasteiger partial charge is 0.142 e. The Bertz CT molecular complexity index is 802. The van der Waals surface area contributed by atoms with Crippen LogP contribution in [0.2, 0.25) is 0 Å². The van der Waals surface area contributed by atoms with Crippen LogP contribution in [0.3, 0.4) is 0 Å². The number of halogens is 1. The molecule has 5 nitrogen and oxygen atoms in total. The zero-order chi connectivity index (χ0) is 15.6. The molecule has 0 aliphatic carbocycles. The second-order valence-corrected chi connectivity index (χ2v) is 5.55. The molecule has 0 atom stereocenters. The van der Waals surface area contributed by atoms with Crippen LogP contribution in [0.15, 0.2) is 55.1 Å². The van der Waals surface area contributed by atoms with Crippen LogP contribution < -0.4 is 4.74 Å². The Hall–Kier alpha value is -2.73. The van der Waals surface area contributed by atoms with E-state index in [4.69, 9.17) is 4.74 Å². The standard InChI is InChI=1S/C17H15FN4O/c18-15-3-1-13(2-4-15)8-21-9-14-7-16(22-10-19-20-11-22)5-6-17(14)23-12-21/h1-7,10-11H,8-9,12H2. The molecule has 2 aromatic carbocycles. The van der Waals surface area contributed by atoms with Crippen molar-refractivity contribution in [3.8, 4) is 11.4 Å². The van der Waals surface area contributed by atoms with Crippen LogP contribution in [0.5, 0.6) is 5.75 Å². The van der Waals surface area contributed by atoms with Crippen molar-refractivity contribution in [2.24, 2.45) is 0 Å². The van der Waals surface area contributed by atoms with Crippen LogP contribution in [0.4, 0.5) is 4.39 Å². The lowest BCUT2D eigenvalue weighted by atomic mass is 10.1. The van der Waals surface area contributed by atoms with Crippen molar-refractivity contribution in [2.75, 3.05) is 6.73 Å². The fourth-order valence-corrected chi connectivity index (χ4v) is 2.72. The Morgan fingerprint density at radius 3 is 2.61 bits per heavy atom. The Kier molecular flexibility index (Phi) is 3.51. The zero-order valence-electron chi connectivity index (χ0n) is 12.4. The summed E-state index contributed by atoms with van der Waals surface area (Å²) in [6.07, 6.45) is 3.34. The molecule has 0 amide bonds. The summed E-state index contributed by atoms with van der Waals surface area (Å²) in [5, 5.41) is 7.66. The molecular weight excluding hydrogens is 295 g/mol. The zero-order valence-corrected chi connectivity index (χ0v) is 12.4. The number of benzene rings is 2. The maximum Gasteiger partial charge on any atom is 0.142 e. The third kappa shape index (κ3) is 2.93. The van der Waals surface area contributed by atoms with Crippen molar-refractivity contribution in [3.05, 3.63) is 72.1 Å². The first-order valence-corrected chi connectivity index (χ1v) is 7.35. The van der Waals surface area contributed by atoms with E-state index in [9.17, 15) is 4.39 Å². The summed E-state index contributed by atoms with van der Waals surface area (Å²) in [5.74, 6) is 0.685. The minimum atomic E-state index is -0.215. The van der Waals surface area contributed by atoms with Gasteiger partial charge in [0, 0.05) is 24.3 Å². The Labute approximate surface area is 133 Å². The van der Waals surface area contributed by atoms with Crippen molar-refractivity contribution in [2.45, 2.75) is 13.1 Å². The largest absolute Gasteiger partial charge is 0.478 e. The third-order valence-electron chi connectivity index (χ3n) is 3.88. The lowest BCUT2D eigenvalue weighted by Gasteiger charge is -2.29. The molecule has 1 aliphatic rings. The van der Waals surface area contributed by atoms with E-state index in [0.717, 1.165) is 35.7 Å². The summed E-state index contributed by atoms with van der Waals surface area (Å²) in [7, 11) is 0. The van der Waals surface area contributed by atoms with Gasteiger partial charge in [-0.05, 0) is 35.9 Å². The molecular formula is C17H15FN4O. The fourth-order valence-electron chi connectivity index (χ4n) is 2.72. The lowest BCUT2D eigenvalue weighted by molar-refractivity contribution is 0.0887. The average Bonchev–Trinajstić information content (AvgIpc) is 3.11. The molecule has 0 bridgehead atoms. The number of hydrogen-bond donors (Lipinski definition) is 0. The normalized spacial score (nSPS) is 14.3. The molecule has 0 spiro atoms. The van der Waals surface area contributed by atoms with Crippen LogP contribution in [-0.2, 0) is 13.1 Å². The summed E-state index contributed by atoms with van der Waals surface area (Å²) in [5.41, 5.74) is 3.18. The quantitative estimate of drug-likeness (QED) is 0.746. The second kappa shape index (κ2) is 5.81. The lowest BCUT2D eigenvalue weighted by Crippen LogP contribution is -2.31. The van der Waals surface area contributed by atoms with Gasteiger partial charge in [0.1, 0.15) is 31.0 Å². The first-order valence-electron chi connectivity index (χ1n) is 7.35. The molecule has 0 saturated heterocycles. The molecule has 3 aromatic rings. The van der Waals surface area contributed by atoms with Crippen molar-refractivity contribution in [3.63, 3.8) is 0 Å². The molecule has 0 saturated carbocycles. The molecule has 116 valence electrons. The Morgan fingerprint density at radius 1 is 1.04 bits per heavy atom. The molecule has 0 N–H and O–H groups in total. The van der Waals surface area contributed by atoms with Gasteiger partial charge >= 0.3 is 0 Å². The van der Waals surface area contributed by atoms with E-state index in [2.05, 4.69) is 21.2 Å². The van der Waals surface area contributed by atoms with E-state index >= 15 is 0 Å². The van der Waals surface area contributed by atoms with E-state index in [1.807, 2.05) is 16.7 Å². The van der Waals surface area contributed by atoms with E-state index in [1.165, 1.54) is 12.1 Å². The van der Waals surface area contributed by atoms with E-state index in [0.29, 0.717) is 6.73 Å². The topological polar surface area (TPSA) is 43.2 Å². The predicted octanol–water partition coefficient (Wildman–Crippen LogP) is 2.76. The highest BCUT2D eigenvalue weighted by Crippen LogP contribution is 2.28. The first-order chi connectivity index (χ1) is 11.3. The van der Waals surface area contributed by atoms with Crippen LogP contribution in [0.25, 0.3) is 5.69 Å². The van der Waals surface area contributed by atoms with Crippen LogP contribution >= 0.6 is 0 Å². The minimum Gasteiger partial charge on any atom is -0.478 e. The van der Waals surface area contributed by atoms with Crippen LogP contribution in [-0.4, -0.2) is 26.4 Å². The Morgan fingerprint density at radius 2 is 1.83 bits per heavy atom. The number of rotatable bonds is 3. The van der Waals surface area contributed by atoms with Gasteiger partial charge in [-0.2, -0.15) is 0 Å². The molecule has 0 unspecified atom stereocenters. The summed E-state index contributed by atoms with van der Waals surface area (Å²) in [4.78, 5) is 2.17. The molecule has 6 heteroatoms. The van der Waals surface area contributed by atoms with Gasteiger partial charge in [-0.25, -0.2) is 4.39 Å². The maximum absolute atomic E-state index is 13.0. The van der Waals surface area contributed by atoms with Crippen LogP contribution in [0, 0.1) is 5.82 Å². The first kappa shape index (κ1) is 13.9. The van der Waals surface area contributed by atoms with Gasteiger partial charge in [0.2, 0.25) is 0 Å². The van der Waals surface area contributed by atoms with Gasteiger partial charge in [-0.3, -0.25) is 9.47 Å². The van der Waals surface area contributed by atoms with E-state index in [-0.39, 0.29) is 5.82 Å². The summed E-state index contributed by atoms with van der Waals surface area (Å²) in [6.45, 7) is 2.02. The van der Waals surface area contributed by atoms with Gasteiger partial charge in [0.05, 0.1) is 0 Å².